The average Bonchev–Trinajstić information content (AvgIpc) is 2.44. The molecule has 0 bridgehead atoms. The molecule has 0 aliphatic rings. The van der Waals surface area contributed by atoms with E-state index in [1.807, 2.05) is 12.1 Å². The molecule has 0 amide bonds. The van der Waals surface area contributed by atoms with Crippen LogP contribution in [0.25, 0.3) is 0 Å². The Hall–Kier alpha value is -0.240. The molecule has 1 unspecified atom stereocenters. The molecule has 0 heterocycles. The lowest BCUT2D eigenvalue weighted by molar-refractivity contribution is 0.163. The molecule has 1 nitrogen and oxygen atoms in total. The summed E-state index contributed by atoms with van der Waals surface area (Å²) < 4.78 is 0. The van der Waals surface area contributed by atoms with Crippen LogP contribution < -0.4 is 0 Å². The van der Waals surface area contributed by atoms with Crippen molar-refractivity contribution in [2.45, 2.75) is 70.8 Å². The predicted octanol–water partition coefficient (Wildman–Crippen LogP) is 6.56. The van der Waals surface area contributed by atoms with Crippen LogP contribution in [0.2, 0.25) is 10.0 Å². The molecule has 0 radical (unpaired) electrons. The second-order valence-electron chi connectivity index (χ2n) is 5.42. The maximum Gasteiger partial charge on any atom is 0.0805 e. The number of hydrogen-bond acceptors (Lipinski definition) is 1. The molecule has 20 heavy (non-hydrogen) atoms. The van der Waals surface area contributed by atoms with Gasteiger partial charge in [0, 0.05) is 5.56 Å². The molecular weight excluding hydrogens is 291 g/mol. The Morgan fingerprint density at radius 2 is 1.55 bits per heavy atom. The second kappa shape index (κ2) is 10.5. The van der Waals surface area contributed by atoms with E-state index in [-0.39, 0.29) is 0 Å². The molecule has 1 atom stereocenters. The van der Waals surface area contributed by atoms with Crippen LogP contribution in [-0.4, -0.2) is 5.11 Å². The van der Waals surface area contributed by atoms with Crippen LogP contribution in [-0.2, 0) is 0 Å². The van der Waals surface area contributed by atoms with Crippen molar-refractivity contribution in [3.63, 3.8) is 0 Å². The first-order valence-corrected chi connectivity index (χ1v) is 8.54. The largest absolute Gasteiger partial charge is 0.388 e. The van der Waals surface area contributed by atoms with Gasteiger partial charge >= 0.3 is 0 Å². The van der Waals surface area contributed by atoms with Gasteiger partial charge in [0.1, 0.15) is 0 Å². The first kappa shape index (κ1) is 17.8. The van der Waals surface area contributed by atoms with Crippen molar-refractivity contribution in [2.75, 3.05) is 0 Å². The van der Waals surface area contributed by atoms with E-state index in [0.29, 0.717) is 10.0 Å². The summed E-state index contributed by atoms with van der Waals surface area (Å²) in [6.45, 7) is 2.24. The molecule has 1 aromatic carbocycles. The monoisotopic (exact) mass is 316 g/mol. The third kappa shape index (κ3) is 6.47. The van der Waals surface area contributed by atoms with Crippen LogP contribution in [0.4, 0.5) is 0 Å². The molecule has 1 aromatic rings. The molecule has 1 rings (SSSR count). The summed E-state index contributed by atoms with van der Waals surface area (Å²) in [5, 5.41) is 11.2. The average molecular weight is 317 g/mol. The second-order valence-corrected chi connectivity index (χ2v) is 6.21. The topological polar surface area (TPSA) is 20.2 Å². The molecular formula is C17H26Cl2O. The van der Waals surface area contributed by atoms with E-state index in [0.717, 1.165) is 18.4 Å². The maximum absolute atomic E-state index is 10.2. The van der Waals surface area contributed by atoms with E-state index in [1.54, 1.807) is 6.07 Å². The number of unbranched alkanes of at least 4 members (excludes halogenated alkanes) is 7. The molecule has 114 valence electrons. The van der Waals surface area contributed by atoms with Crippen molar-refractivity contribution in [1.82, 2.24) is 0 Å². The molecule has 0 fully saturated rings. The summed E-state index contributed by atoms with van der Waals surface area (Å²) in [5.74, 6) is 0. The molecule has 0 aromatic heterocycles. The fourth-order valence-corrected chi connectivity index (χ4v) is 2.84. The van der Waals surface area contributed by atoms with Gasteiger partial charge in [0.15, 0.2) is 0 Å². The Morgan fingerprint density at radius 3 is 2.20 bits per heavy atom. The highest BCUT2D eigenvalue weighted by atomic mass is 35.5. The standard InChI is InChI=1S/C17H26Cl2O/c1-2-3-4-5-6-7-8-9-13-16(20)14-11-10-12-15(18)17(14)19/h10-12,16,20H,2-9,13H2,1H3. The van der Waals surface area contributed by atoms with Gasteiger partial charge in [0.05, 0.1) is 16.1 Å². The molecule has 0 aliphatic carbocycles. The predicted molar refractivity (Wildman–Crippen MR) is 88.6 cm³/mol. The highest BCUT2D eigenvalue weighted by Gasteiger charge is 2.12. The third-order valence-electron chi connectivity index (χ3n) is 3.67. The molecule has 0 aliphatic heterocycles. The maximum atomic E-state index is 10.2. The number of aliphatic hydroxyl groups is 1. The van der Waals surface area contributed by atoms with Gasteiger partial charge in [-0.1, -0.05) is 93.6 Å². The fourth-order valence-electron chi connectivity index (χ4n) is 2.40. The Morgan fingerprint density at radius 1 is 0.950 bits per heavy atom. The summed E-state index contributed by atoms with van der Waals surface area (Å²) in [4.78, 5) is 0. The highest BCUT2D eigenvalue weighted by Crippen LogP contribution is 2.32. The minimum atomic E-state index is -0.499. The van der Waals surface area contributed by atoms with Crippen molar-refractivity contribution < 1.29 is 5.11 Å². The van der Waals surface area contributed by atoms with Gasteiger partial charge in [0.2, 0.25) is 0 Å². The highest BCUT2D eigenvalue weighted by molar-refractivity contribution is 6.42. The van der Waals surface area contributed by atoms with Crippen molar-refractivity contribution >= 4 is 23.2 Å². The first-order valence-electron chi connectivity index (χ1n) is 7.78. The lowest BCUT2D eigenvalue weighted by Crippen LogP contribution is -1.98. The van der Waals surface area contributed by atoms with Crippen molar-refractivity contribution in [3.8, 4) is 0 Å². The van der Waals surface area contributed by atoms with E-state index < -0.39 is 6.10 Å². The van der Waals surface area contributed by atoms with Gasteiger partial charge in [-0.25, -0.2) is 0 Å². The quantitative estimate of drug-likeness (QED) is 0.485. The first-order chi connectivity index (χ1) is 9.66. The zero-order chi connectivity index (χ0) is 14.8. The van der Waals surface area contributed by atoms with Gasteiger partial charge in [-0.2, -0.15) is 0 Å². The minimum Gasteiger partial charge on any atom is -0.388 e. The van der Waals surface area contributed by atoms with Crippen LogP contribution in [0.15, 0.2) is 18.2 Å². The van der Waals surface area contributed by atoms with E-state index in [9.17, 15) is 5.11 Å². The Kier molecular flexibility index (Phi) is 9.33. The van der Waals surface area contributed by atoms with Gasteiger partial charge in [-0.3, -0.25) is 0 Å². The number of aliphatic hydroxyl groups excluding tert-OH is 1. The molecule has 0 spiro atoms. The van der Waals surface area contributed by atoms with Crippen molar-refractivity contribution in [3.05, 3.63) is 33.8 Å². The van der Waals surface area contributed by atoms with Crippen LogP contribution in [0.5, 0.6) is 0 Å². The normalized spacial score (nSPS) is 12.6. The minimum absolute atomic E-state index is 0.487. The van der Waals surface area contributed by atoms with E-state index in [2.05, 4.69) is 6.92 Å². The Labute approximate surface area is 133 Å². The molecule has 1 N–H and O–H groups in total. The lowest BCUT2D eigenvalue weighted by atomic mass is 10.0. The fraction of sp³-hybridized carbons (Fsp3) is 0.647. The SMILES string of the molecule is CCCCCCCCCCC(O)c1cccc(Cl)c1Cl. The van der Waals surface area contributed by atoms with E-state index in [1.165, 1.54) is 44.9 Å². The Bertz CT molecular complexity index is 379. The summed E-state index contributed by atoms with van der Waals surface area (Å²) in [6.07, 6.45) is 10.4. The third-order valence-corrected chi connectivity index (χ3v) is 4.51. The number of benzene rings is 1. The number of rotatable bonds is 10. The summed E-state index contributed by atoms with van der Waals surface area (Å²) in [6, 6.07) is 5.43. The molecule has 0 saturated heterocycles. The van der Waals surface area contributed by atoms with Gasteiger partial charge in [-0.05, 0) is 12.5 Å². The lowest BCUT2D eigenvalue weighted by Gasteiger charge is -2.13. The van der Waals surface area contributed by atoms with Crippen LogP contribution in [0.3, 0.4) is 0 Å². The summed E-state index contributed by atoms with van der Waals surface area (Å²) in [7, 11) is 0. The van der Waals surface area contributed by atoms with E-state index in [4.69, 9.17) is 23.2 Å². The smallest absolute Gasteiger partial charge is 0.0805 e. The zero-order valence-electron chi connectivity index (χ0n) is 12.4. The number of halogens is 2. The van der Waals surface area contributed by atoms with Crippen molar-refractivity contribution in [2.24, 2.45) is 0 Å². The molecule has 3 heteroatoms. The van der Waals surface area contributed by atoms with E-state index >= 15 is 0 Å². The number of hydrogen-bond donors (Lipinski definition) is 1. The zero-order valence-corrected chi connectivity index (χ0v) is 13.9. The summed E-state index contributed by atoms with van der Waals surface area (Å²) >= 11 is 12.1. The summed E-state index contributed by atoms with van der Waals surface area (Å²) in [5.41, 5.74) is 0.752. The Balaban J connectivity index is 2.17. The van der Waals surface area contributed by atoms with Crippen LogP contribution >= 0.6 is 23.2 Å². The van der Waals surface area contributed by atoms with Crippen molar-refractivity contribution in [1.29, 1.82) is 0 Å². The van der Waals surface area contributed by atoms with Crippen LogP contribution in [0, 0.1) is 0 Å². The van der Waals surface area contributed by atoms with Crippen LogP contribution in [0.1, 0.15) is 76.4 Å². The van der Waals surface area contributed by atoms with Gasteiger partial charge in [-0.15, -0.1) is 0 Å². The molecule has 0 saturated carbocycles. The van der Waals surface area contributed by atoms with Gasteiger partial charge < -0.3 is 5.11 Å². The van der Waals surface area contributed by atoms with Gasteiger partial charge in [0.25, 0.3) is 0 Å².